The Labute approximate surface area is 156 Å². The van der Waals surface area contributed by atoms with E-state index in [0.717, 1.165) is 34.3 Å². The molecule has 0 radical (unpaired) electrons. The fourth-order valence-electron chi connectivity index (χ4n) is 2.72. The van der Waals surface area contributed by atoms with Crippen molar-refractivity contribution in [1.82, 2.24) is 9.55 Å². The third-order valence-corrected chi connectivity index (χ3v) is 5.95. The normalized spacial score (nSPS) is 13.8. The molecule has 0 bridgehead atoms. The van der Waals surface area contributed by atoms with Crippen LogP contribution in [0, 0.1) is 0 Å². The van der Waals surface area contributed by atoms with Crippen LogP contribution in [0.15, 0.2) is 71.4 Å². The van der Waals surface area contributed by atoms with Crippen molar-refractivity contribution in [1.29, 1.82) is 0 Å². The number of hydrogen-bond acceptors (Lipinski definition) is 4. The number of aromatic nitrogens is 2. The third-order valence-electron chi connectivity index (χ3n) is 3.96. The average Bonchev–Trinajstić information content (AvgIpc) is 3.23. The van der Waals surface area contributed by atoms with Crippen molar-refractivity contribution in [3.05, 3.63) is 71.8 Å². The van der Waals surface area contributed by atoms with Gasteiger partial charge in [0, 0.05) is 29.7 Å². The number of benzene rings is 2. The molecule has 26 heavy (non-hydrogen) atoms. The Balaban J connectivity index is 1.53. The van der Waals surface area contributed by atoms with Crippen molar-refractivity contribution in [3.63, 3.8) is 0 Å². The summed E-state index contributed by atoms with van der Waals surface area (Å²) in [6.07, 6.45) is 3.58. The van der Waals surface area contributed by atoms with Gasteiger partial charge in [-0.3, -0.25) is 4.72 Å². The summed E-state index contributed by atoms with van der Waals surface area (Å²) in [5.41, 5.74) is 3.09. The van der Waals surface area contributed by atoms with Crippen molar-refractivity contribution in [2.24, 2.45) is 0 Å². The summed E-state index contributed by atoms with van der Waals surface area (Å²) in [6, 6.07) is 16.6. The minimum absolute atomic E-state index is 0.515. The van der Waals surface area contributed by atoms with Crippen LogP contribution >= 0.6 is 11.8 Å². The zero-order chi connectivity index (χ0) is 18.0. The molecule has 3 aromatic rings. The van der Waals surface area contributed by atoms with Crippen molar-refractivity contribution >= 4 is 33.5 Å². The fourth-order valence-corrected chi connectivity index (χ4v) is 4.52. The lowest BCUT2D eigenvalue weighted by molar-refractivity contribution is 0.609. The topological polar surface area (TPSA) is 64.0 Å². The van der Waals surface area contributed by atoms with Gasteiger partial charge in [0.15, 0.2) is 5.16 Å². The Kier molecular flexibility index (Phi) is 4.57. The van der Waals surface area contributed by atoms with Gasteiger partial charge in [0.2, 0.25) is 0 Å². The standard InChI is InChI=1S/C19H17N3O2S2/c23-26(24,12-9-15-5-2-1-3-6-15)21-17-8-4-7-16(13-17)18-14-22-10-11-25-19(22)20-18/h1-9,12-14,21H,10-11H2/b12-9+. The van der Waals surface area contributed by atoms with Gasteiger partial charge in [-0.1, -0.05) is 54.2 Å². The quantitative estimate of drug-likeness (QED) is 0.721. The van der Waals surface area contributed by atoms with E-state index < -0.39 is 10.0 Å². The molecule has 0 aliphatic carbocycles. The number of nitrogens with one attached hydrogen (secondary N) is 1. The number of hydrogen-bond donors (Lipinski definition) is 1. The second-order valence-electron chi connectivity index (χ2n) is 5.89. The van der Waals surface area contributed by atoms with Crippen molar-refractivity contribution < 1.29 is 8.42 Å². The van der Waals surface area contributed by atoms with Gasteiger partial charge < -0.3 is 4.57 Å². The second kappa shape index (κ2) is 7.01. The molecule has 1 aromatic heterocycles. The maximum atomic E-state index is 12.3. The lowest BCUT2D eigenvalue weighted by Gasteiger charge is -2.06. The van der Waals surface area contributed by atoms with Gasteiger partial charge in [-0.25, -0.2) is 13.4 Å². The molecule has 0 amide bonds. The van der Waals surface area contributed by atoms with Crippen LogP contribution in [0.25, 0.3) is 17.3 Å². The second-order valence-corrected chi connectivity index (χ2v) is 8.52. The Morgan fingerprint density at radius 3 is 2.77 bits per heavy atom. The molecule has 2 heterocycles. The first-order valence-electron chi connectivity index (χ1n) is 8.15. The average molecular weight is 383 g/mol. The summed E-state index contributed by atoms with van der Waals surface area (Å²) < 4.78 is 29.3. The van der Waals surface area contributed by atoms with Crippen molar-refractivity contribution in [3.8, 4) is 11.3 Å². The predicted octanol–water partition coefficient (Wildman–Crippen LogP) is 4.07. The molecule has 7 heteroatoms. The lowest BCUT2D eigenvalue weighted by Crippen LogP contribution is -2.08. The smallest absolute Gasteiger partial charge is 0.255 e. The molecule has 0 saturated carbocycles. The number of anilines is 1. The number of sulfonamides is 1. The summed E-state index contributed by atoms with van der Waals surface area (Å²) in [6.45, 7) is 0.962. The van der Waals surface area contributed by atoms with Crippen LogP contribution in [0.3, 0.4) is 0 Å². The maximum absolute atomic E-state index is 12.3. The van der Waals surface area contributed by atoms with E-state index in [1.807, 2.05) is 48.7 Å². The molecule has 0 atom stereocenters. The maximum Gasteiger partial charge on any atom is 0.255 e. The van der Waals surface area contributed by atoms with Crippen LogP contribution in [0.1, 0.15) is 5.56 Å². The number of rotatable bonds is 5. The molecular formula is C19H17N3O2S2. The zero-order valence-corrected chi connectivity index (χ0v) is 15.5. The van der Waals surface area contributed by atoms with Gasteiger partial charge in [0.05, 0.1) is 11.1 Å². The highest BCUT2D eigenvalue weighted by Crippen LogP contribution is 2.30. The van der Waals surface area contributed by atoms with Gasteiger partial charge in [-0.2, -0.15) is 0 Å². The van der Waals surface area contributed by atoms with E-state index in [1.54, 1.807) is 30.0 Å². The molecule has 5 nitrogen and oxygen atoms in total. The number of thioether (sulfide) groups is 1. The Hall–Kier alpha value is -2.51. The van der Waals surface area contributed by atoms with E-state index in [0.29, 0.717) is 5.69 Å². The monoisotopic (exact) mass is 383 g/mol. The van der Waals surface area contributed by atoms with E-state index in [1.165, 1.54) is 5.41 Å². The Bertz CT molecular complexity index is 1040. The Morgan fingerprint density at radius 2 is 1.96 bits per heavy atom. The number of aryl methyl sites for hydroxylation is 1. The molecule has 1 aliphatic heterocycles. The molecule has 0 fully saturated rings. The van der Waals surface area contributed by atoms with E-state index in [2.05, 4.69) is 14.3 Å². The highest BCUT2D eigenvalue weighted by Gasteiger charge is 2.15. The summed E-state index contributed by atoms with van der Waals surface area (Å²) in [7, 11) is -3.59. The lowest BCUT2D eigenvalue weighted by atomic mass is 10.1. The molecule has 0 saturated heterocycles. The van der Waals surface area contributed by atoms with Crippen LogP contribution < -0.4 is 4.72 Å². The van der Waals surface area contributed by atoms with Crippen molar-refractivity contribution in [2.75, 3.05) is 10.5 Å². The highest BCUT2D eigenvalue weighted by atomic mass is 32.2. The molecule has 1 aliphatic rings. The largest absolute Gasteiger partial charge is 0.325 e. The molecule has 132 valence electrons. The first-order valence-corrected chi connectivity index (χ1v) is 10.7. The van der Waals surface area contributed by atoms with Crippen LogP contribution in [-0.4, -0.2) is 23.7 Å². The van der Waals surface area contributed by atoms with Crippen LogP contribution in [-0.2, 0) is 16.6 Å². The van der Waals surface area contributed by atoms with Gasteiger partial charge in [0.25, 0.3) is 10.0 Å². The minimum atomic E-state index is -3.59. The van der Waals surface area contributed by atoms with Gasteiger partial charge >= 0.3 is 0 Å². The van der Waals surface area contributed by atoms with Gasteiger partial charge in [0.1, 0.15) is 0 Å². The molecule has 0 unspecified atom stereocenters. The molecule has 0 spiro atoms. The summed E-state index contributed by atoms with van der Waals surface area (Å²) in [4.78, 5) is 4.61. The van der Waals surface area contributed by atoms with E-state index in [-0.39, 0.29) is 0 Å². The van der Waals surface area contributed by atoms with E-state index in [4.69, 9.17) is 0 Å². The van der Waals surface area contributed by atoms with E-state index in [9.17, 15) is 8.42 Å². The number of fused-ring (bicyclic) bond motifs is 1. The predicted molar refractivity (Wildman–Crippen MR) is 106 cm³/mol. The first kappa shape index (κ1) is 16.9. The first-order chi connectivity index (χ1) is 12.6. The molecule has 2 aromatic carbocycles. The molecule has 4 rings (SSSR count). The molecule has 1 N–H and O–H groups in total. The highest BCUT2D eigenvalue weighted by molar-refractivity contribution is 7.99. The fraction of sp³-hybridized carbons (Fsp3) is 0.105. The number of imidazole rings is 1. The van der Waals surface area contributed by atoms with Gasteiger partial charge in [-0.15, -0.1) is 0 Å². The van der Waals surface area contributed by atoms with Crippen LogP contribution in [0.5, 0.6) is 0 Å². The summed E-state index contributed by atoms with van der Waals surface area (Å²) in [5, 5.41) is 2.19. The van der Waals surface area contributed by atoms with E-state index >= 15 is 0 Å². The van der Waals surface area contributed by atoms with Crippen molar-refractivity contribution in [2.45, 2.75) is 11.7 Å². The SMILES string of the molecule is O=S(=O)(/C=C/c1ccccc1)Nc1cccc(-c2cn3c(n2)SCC3)c1. The van der Waals surface area contributed by atoms with Gasteiger partial charge in [-0.05, 0) is 23.8 Å². The number of nitrogens with zero attached hydrogens (tertiary/aromatic N) is 2. The third kappa shape index (κ3) is 3.84. The van der Waals surface area contributed by atoms with Crippen LogP contribution in [0.2, 0.25) is 0 Å². The van der Waals surface area contributed by atoms with Crippen LogP contribution in [0.4, 0.5) is 5.69 Å². The summed E-state index contributed by atoms with van der Waals surface area (Å²) >= 11 is 1.73. The zero-order valence-electron chi connectivity index (χ0n) is 13.9. The summed E-state index contributed by atoms with van der Waals surface area (Å²) in [5.74, 6) is 1.05. The minimum Gasteiger partial charge on any atom is -0.325 e. The molecular weight excluding hydrogens is 366 g/mol. The Morgan fingerprint density at radius 1 is 1.12 bits per heavy atom.